The molecule has 2 saturated heterocycles. The molecule has 4 aromatic rings. The van der Waals surface area contributed by atoms with Crippen LogP contribution in [0.3, 0.4) is 0 Å². The van der Waals surface area contributed by atoms with Crippen molar-refractivity contribution >= 4 is 22.7 Å². The van der Waals surface area contributed by atoms with E-state index in [1.807, 2.05) is 18.5 Å². The molecule has 2 unspecified atom stereocenters. The van der Waals surface area contributed by atoms with Crippen LogP contribution in [0.4, 0.5) is 11.8 Å². The molecule has 2 aromatic heterocycles. The molecule has 2 aromatic carbocycles. The lowest BCUT2D eigenvalue weighted by Gasteiger charge is -2.41. The van der Waals surface area contributed by atoms with Crippen molar-refractivity contribution in [3.63, 3.8) is 0 Å². The molecule has 172 valence electrons. The van der Waals surface area contributed by atoms with Crippen LogP contribution in [0.1, 0.15) is 24.0 Å². The summed E-state index contributed by atoms with van der Waals surface area (Å²) in [5.74, 6) is 2.16. The maximum atomic E-state index is 10.3. The van der Waals surface area contributed by atoms with Crippen molar-refractivity contribution in [3.05, 3.63) is 72.3 Å². The average molecular weight is 455 g/mol. The van der Waals surface area contributed by atoms with Gasteiger partial charge in [-0.05, 0) is 30.0 Å². The highest BCUT2D eigenvalue weighted by atomic mass is 16.5. The number of rotatable bonds is 5. The molecule has 2 atom stereocenters. The van der Waals surface area contributed by atoms with E-state index < -0.39 is 0 Å². The van der Waals surface area contributed by atoms with Crippen LogP contribution in [0, 0.1) is 0 Å². The van der Waals surface area contributed by atoms with Gasteiger partial charge in [0.2, 0.25) is 5.95 Å². The SMILES string of the molecule is COc1cc2ncnc(N3CC4CCC(C3)N4c3ncc(Cc4ccccc4)cn3)c2cc1O. The van der Waals surface area contributed by atoms with Crippen LogP contribution in [0.15, 0.2) is 61.2 Å². The molecule has 2 fully saturated rings. The Morgan fingerprint density at radius 3 is 2.38 bits per heavy atom. The normalized spacial score (nSPS) is 19.6. The number of aromatic hydroxyl groups is 1. The highest BCUT2D eigenvalue weighted by molar-refractivity contribution is 5.92. The predicted octanol–water partition coefficient (Wildman–Crippen LogP) is 3.58. The van der Waals surface area contributed by atoms with Gasteiger partial charge in [0.25, 0.3) is 0 Å². The molecule has 0 saturated carbocycles. The fraction of sp³-hybridized carbons (Fsp3) is 0.308. The van der Waals surface area contributed by atoms with Crippen molar-refractivity contribution in [2.45, 2.75) is 31.3 Å². The molecule has 2 aliphatic rings. The van der Waals surface area contributed by atoms with Crippen molar-refractivity contribution in [3.8, 4) is 11.5 Å². The Morgan fingerprint density at radius 1 is 0.941 bits per heavy atom. The van der Waals surface area contributed by atoms with Crippen LogP contribution in [0.2, 0.25) is 0 Å². The summed E-state index contributed by atoms with van der Waals surface area (Å²) in [7, 11) is 1.54. The molecule has 0 spiro atoms. The number of benzene rings is 2. The third-order valence-corrected chi connectivity index (χ3v) is 6.87. The van der Waals surface area contributed by atoms with Crippen molar-refractivity contribution in [2.24, 2.45) is 0 Å². The number of phenols is 1. The molecule has 1 N–H and O–H groups in total. The second-order valence-electron chi connectivity index (χ2n) is 8.99. The molecule has 4 heterocycles. The molecule has 34 heavy (non-hydrogen) atoms. The number of piperazine rings is 1. The standard InChI is InChI=1S/C26H26N6O2/c1-34-24-11-22-21(10-23(24)33)25(30-16-29-22)31-14-19-7-8-20(15-31)32(19)26-27-12-18(13-28-26)9-17-5-3-2-4-6-17/h2-6,10-13,16,19-20,33H,7-9,14-15H2,1H3. The Kier molecular flexibility index (Phi) is 5.13. The van der Waals surface area contributed by atoms with Crippen LogP contribution >= 0.6 is 0 Å². The minimum atomic E-state index is 0.0941. The lowest BCUT2D eigenvalue weighted by molar-refractivity contribution is 0.374. The zero-order chi connectivity index (χ0) is 23.1. The monoisotopic (exact) mass is 454 g/mol. The van der Waals surface area contributed by atoms with Gasteiger partial charge in [-0.15, -0.1) is 0 Å². The molecular weight excluding hydrogens is 428 g/mol. The summed E-state index contributed by atoms with van der Waals surface area (Å²) < 4.78 is 5.24. The van der Waals surface area contributed by atoms with Gasteiger partial charge in [0.1, 0.15) is 12.1 Å². The van der Waals surface area contributed by atoms with Crippen molar-refractivity contribution in [1.29, 1.82) is 0 Å². The third-order valence-electron chi connectivity index (χ3n) is 6.87. The number of anilines is 2. The van der Waals surface area contributed by atoms with Crippen LogP contribution in [0.25, 0.3) is 10.9 Å². The first kappa shape index (κ1) is 20.7. The fourth-order valence-corrected chi connectivity index (χ4v) is 5.28. The number of hydrogen-bond donors (Lipinski definition) is 1. The number of fused-ring (bicyclic) bond motifs is 3. The Hall–Kier alpha value is -3.94. The van der Waals surface area contributed by atoms with Crippen molar-refractivity contribution in [1.82, 2.24) is 19.9 Å². The zero-order valence-corrected chi connectivity index (χ0v) is 19.0. The molecule has 0 radical (unpaired) electrons. The summed E-state index contributed by atoms with van der Waals surface area (Å²) in [4.78, 5) is 23.1. The Balaban J connectivity index is 1.23. The summed E-state index contributed by atoms with van der Waals surface area (Å²) in [5.41, 5.74) is 3.13. The van der Waals surface area contributed by atoms with E-state index in [1.165, 1.54) is 12.7 Å². The van der Waals surface area contributed by atoms with E-state index in [0.29, 0.717) is 17.8 Å². The molecule has 0 aliphatic carbocycles. The molecule has 8 heteroatoms. The van der Waals surface area contributed by atoms with Crippen LogP contribution in [-0.4, -0.2) is 57.3 Å². The van der Waals surface area contributed by atoms with Gasteiger partial charge < -0.3 is 19.6 Å². The third kappa shape index (κ3) is 3.65. The van der Waals surface area contributed by atoms with E-state index >= 15 is 0 Å². The maximum absolute atomic E-state index is 10.3. The van der Waals surface area contributed by atoms with Crippen LogP contribution in [-0.2, 0) is 6.42 Å². The minimum absolute atomic E-state index is 0.0941. The Bertz CT molecular complexity index is 1300. The molecule has 2 aliphatic heterocycles. The Morgan fingerprint density at radius 2 is 1.68 bits per heavy atom. The smallest absolute Gasteiger partial charge is 0.225 e. The first-order valence-corrected chi connectivity index (χ1v) is 11.6. The van der Waals surface area contributed by atoms with Gasteiger partial charge in [0, 0.05) is 55.4 Å². The van der Waals surface area contributed by atoms with Gasteiger partial charge in [-0.1, -0.05) is 30.3 Å². The highest BCUT2D eigenvalue weighted by Crippen LogP contribution is 2.38. The van der Waals surface area contributed by atoms with Gasteiger partial charge >= 0.3 is 0 Å². The summed E-state index contributed by atoms with van der Waals surface area (Å²) >= 11 is 0. The molecule has 2 bridgehead atoms. The van der Waals surface area contributed by atoms with E-state index in [1.54, 1.807) is 18.5 Å². The van der Waals surface area contributed by atoms with E-state index in [-0.39, 0.29) is 5.75 Å². The first-order chi connectivity index (χ1) is 16.7. The zero-order valence-electron chi connectivity index (χ0n) is 19.0. The van der Waals surface area contributed by atoms with Gasteiger partial charge in [-0.25, -0.2) is 19.9 Å². The summed E-state index contributed by atoms with van der Waals surface area (Å²) in [6.07, 6.45) is 8.51. The number of methoxy groups -OCH3 is 1. The largest absolute Gasteiger partial charge is 0.504 e. The fourth-order valence-electron chi connectivity index (χ4n) is 5.28. The lowest BCUT2D eigenvalue weighted by atomic mass is 10.1. The predicted molar refractivity (Wildman–Crippen MR) is 131 cm³/mol. The van der Waals surface area contributed by atoms with E-state index in [9.17, 15) is 5.11 Å². The first-order valence-electron chi connectivity index (χ1n) is 11.6. The lowest BCUT2D eigenvalue weighted by Crippen LogP contribution is -2.54. The number of ether oxygens (including phenoxy) is 1. The number of hydrogen-bond acceptors (Lipinski definition) is 8. The van der Waals surface area contributed by atoms with Crippen molar-refractivity contribution < 1.29 is 9.84 Å². The summed E-state index contributed by atoms with van der Waals surface area (Å²) in [6.45, 7) is 1.65. The van der Waals surface area contributed by atoms with Gasteiger partial charge in [0.15, 0.2) is 11.5 Å². The summed E-state index contributed by atoms with van der Waals surface area (Å²) in [6, 6.07) is 14.5. The summed E-state index contributed by atoms with van der Waals surface area (Å²) in [5, 5.41) is 11.2. The van der Waals surface area contributed by atoms with Gasteiger partial charge in [-0.3, -0.25) is 0 Å². The quantitative estimate of drug-likeness (QED) is 0.490. The van der Waals surface area contributed by atoms with E-state index in [2.05, 4.69) is 44.0 Å². The van der Waals surface area contributed by atoms with Gasteiger partial charge in [-0.2, -0.15) is 0 Å². The number of nitrogens with zero attached hydrogens (tertiary/aromatic N) is 6. The second-order valence-corrected chi connectivity index (χ2v) is 8.99. The topological polar surface area (TPSA) is 87.5 Å². The molecule has 6 rings (SSSR count). The highest BCUT2D eigenvalue weighted by Gasteiger charge is 2.42. The molecule has 8 nitrogen and oxygen atoms in total. The maximum Gasteiger partial charge on any atom is 0.225 e. The van der Waals surface area contributed by atoms with E-state index in [4.69, 9.17) is 14.7 Å². The van der Waals surface area contributed by atoms with Gasteiger partial charge in [0.05, 0.1) is 12.6 Å². The molecular formula is C26H26N6O2. The van der Waals surface area contributed by atoms with Crippen molar-refractivity contribution in [2.75, 3.05) is 30.0 Å². The van der Waals surface area contributed by atoms with Crippen LogP contribution in [0.5, 0.6) is 11.5 Å². The second kappa shape index (κ2) is 8.44. The number of phenolic OH excluding ortho intramolecular Hbond substituents is 1. The number of aromatic nitrogens is 4. The molecule has 0 amide bonds. The van der Waals surface area contributed by atoms with E-state index in [0.717, 1.165) is 60.6 Å². The van der Waals surface area contributed by atoms with Crippen LogP contribution < -0.4 is 14.5 Å². The average Bonchev–Trinajstić information content (AvgIpc) is 3.13. The minimum Gasteiger partial charge on any atom is -0.504 e. The Labute approximate surface area is 197 Å².